The third-order valence-corrected chi connectivity index (χ3v) is 6.13. The van der Waals surface area contributed by atoms with Crippen LogP contribution in [0.15, 0.2) is 58.4 Å². The van der Waals surface area contributed by atoms with Crippen molar-refractivity contribution in [1.82, 2.24) is 5.32 Å². The summed E-state index contributed by atoms with van der Waals surface area (Å²) in [6, 6.07) is 13.5. The van der Waals surface area contributed by atoms with E-state index in [-0.39, 0.29) is 17.8 Å². The Kier molecular flexibility index (Phi) is 7.32. The number of aliphatic imine (C=N–C) groups is 1. The zero-order valence-electron chi connectivity index (χ0n) is 14.3. The maximum absolute atomic E-state index is 12.2. The van der Waals surface area contributed by atoms with Crippen LogP contribution in [0.25, 0.3) is 0 Å². The van der Waals surface area contributed by atoms with Gasteiger partial charge in [-0.1, -0.05) is 47.5 Å². The second-order valence-corrected chi connectivity index (χ2v) is 8.74. The molecule has 0 amide bonds. The predicted octanol–water partition coefficient (Wildman–Crippen LogP) is 3.82. The molecule has 3 N–H and O–H groups in total. The molecule has 26 heavy (non-hydrogen) atoms. The molecule has 2 aromatic carbocycles. The topological polar surface area (TPSA) is 84.5 Å². The third kappa shape index (κ3) is 5.90. The first kappa shape index (κ1) is 20.6. The van der Waals surface area contributed by atoms with E-state index >= 15 is 0 Å². The largest absolute Gasteiger partial charge is 0.370 e. The molecule has 0 saturated heterocycles. The number of nitrogens with zero attached hydrogens (tertiary/aromatic N) is 1. The number of guanidine groups is 1. The Labute approximate surface area is 164 Å². The first-order valence-electron chi connectivity index (χ1n) is 8.09. The van der Waals surface area contributed by atoms with Crippen LogP contribution in [-0.2, 0) is 9.84 Å². The van der Waals surface area contributed by atoms with Crippen molar-refractivity contribution in [1.29, 1.82) is 0 Å². The fourth-order valence-electron chi connectivity index (χ4n) is 2.40. The molecule has 0 fully saturated rings. The second-order valence-electron chi connectivity index (χ2n) is 5.78. The van der Waals surface area contributed by atoms with Gasteiger partial charge in [0.05, 0.1) is 16.7 Å². The molecule has 1 atom stereocenters. The maximum atomic E-state index is 12.2. The summed E-state index contributed by atoms with van der Waals surface area (Å²) >= 11 is 12.1. The van der Waals surface area contributed by atoms with Gasteiger partial charge in [0.2, 0.25) is 0 Å². The van der Waals surface area contributed by atoms with Crippen LogP contribution < -0.4 is 11.1 Å². The molecule has 0 spiro atoms. The molecule has 2 rings (SSSR count). The Balaban J connectivity index is 1.86. The van der Waals surface area contributed by atoms with E-state index in [4.69, 9.17) is 28.9 Å². The van der Waals surface area contributed by atoms with Crippen LogP contribution in [0, 0.1) is 0 Å². The van der Waals surface area contributed by atoms with E-state index in [1.54, 1.807) is 42.5 Å². The van der Waals surface area contributed by atoms with Gasteiger partial charge in [-0.25, -0.2) is 8.42 Å². The lowest BCUT2D eigenvalue weighted by molar-refractivity contribution is 0.593. The molecule has 0 radical (unpaired) electrons. The van der Waals surface area contributed by atoms with E-state index in [0.717, 1.165) is 5.56 Å². The number of hydrogen-bond acceptors (Lipinski definition) is 3. The number of hydrogen-bond donors (Lipinski definition) is 2. The van der Waals surface area contributed by atoms with Gasteiger partial charge in [-0.05, 0) is 43.2 Å². The minimum absolute atomic E-state index is 0.0202. The molecule has 0 aliphatic heterocycles. The van der Waals surface area contributed by atoms with Crippen LogP contribution in [0.4, 0.5) is 0 Å². The molecule has 8 heteroatoms. The fourth-order valence-corrected chi connectivity index (χ4v) is 4.29. The zero-order chi connectivity index (χ0) is 19.2. The minimum Gasteiger partial charge on any atom is -0.370 e. The summed E-state index contributed by atoms with van der Waals surface area (Å²) in [5.74, 6) is 0.257. The maximum Gasteiger partial charge on any atom is 0.189 e. The number of halogens is 2. The molecule has 0 aromatic heterocycles. The van der Waals surface area contributed by atoms with Gasteiger partial charge in [0, 0.05) is 16.6 Å². The fraction of sp³-hybridized carbons (Fsp3) is 0.278. The van der Waals surface area contributed by atoms with Crippen LogP contribution in [0.3, 0.4) is 0 Å². The summed E-state index contributed by atoms with van der Waals surface area (Å²) in [5, 5.41) is 4.14. The Morgan fingerprint density at radius 3 is 2.54 bits per heavy atom. The molecule has 0 heterocycles. The van der Waals surface area contributed by atoms with Gasteiger partial charge in [-0.15, -0.1) is 0 Å². The SMILES string of the molecule is CC(NC(N)=NCCCS(=O)(=O)c1ccccc1)c1ccc(Cl)cc1Cl. The van der Waals surface area contributed by atoms with E-state index in [1.165, 1.54) is 0 Å². The minimum atomic E-state index is -3.29. The Bertz CT molecular complexity index is 871. The van der Waals surface area contributed by atoms with Crippen molar-refractivity contribution in [3.63, 3.8) is 0 Å². The predicted molar refractivity (Wildman–Crippen MR) is 108 cm³/mol. The highest BCUT2D eigenvalue weighted by Gasteiger charge is 2.13. The van der Waals surface area contributed by atoms with Gasteiger partial charge in [0.15, 0.2) is 15.8 Å². The normalized spacial score (nSPS) is 13.4. The first-order chi connectivity index (χ1) is 12.3. The summed E-state index contributed by atoms with van der Waals surface area (Å²) < 4.78 is 24.4. The molecule has 2 aromatic rings. The molecule has 0 aliphatic rings. The molecule has 5 nitrogen and oxygen atoms in total. The molecule has 0 saturated carbocycles. The van der Waals surface area contributed by atoms with E-state index in [2.05, 4.69) is 10.3 Å². The quantitative estimate of drug-likeness (QED) is 0.410. The number of rotatable bonds is 7. The molecule has 0 bridgehead atoms. The van der Waals surface area contributed by atoms with Crippen molar-refractivity contribution in [3.8, 4) is 0 Å². The summed E-state index contributed by atoms with van der Waals surface area (Å²) in [7, 11) is -3.29. The standard InChI is InChI=1S/C18H21Cl2N3O2S/c1-13(16-9-8-14(19)12-17(16)20)23-18(21)22-10-5-11-26(24,25)15-6-3-2-4-7-15/h2-4,6-9,12-13H,5,10-11H2,1H3,(H3,21,22,23). The monoisotopic (exact) mass is 413 g/mol. The van der Waals surface area contributed by atoms with Crippen molar-refractivity contribution in [2.75, 3.05) is 12.3 Å². The number of sulfone groups is 1. The Morgan fingerprint density at radius 2 is 1.88 bits per heavy atom. The van der Waals surface area contributed by atoms with Gasteiger partial charge in [-0.2, -0.15) is 0 Å². The van der Waals surface area contributed by atoms with E-state index in [0.29, 0.717) is 27.9 Å². The summed E-state index contributed by atoms with van der Waals surface area (Å²) in [6.07, 6.45) is 0.385. The van der Waals surface area contributed by atoms with Crippen LogP contribution >= 0.6 is 23.2 Å². The lowest BCUT2D eigenvalue weighted by Crippen LogP contribution is -2.34. The highest BCUT2D eigenvalue weighted by molar-refractivity contribution is 7.91. The van der Waals surface area contributed by atoms with E-state index in [9.17, 15) is 8.42 Å². The summed E-state index contributed by atoms with van der Waals surface area (Å²) in [4.78, 5) is 4.50. The highest BCUT2D eigenvalue weighted by Crippen LogP contribution is 2.25. The van der Waals surface area contributed by atoms with Crippen molar-refractivity contribution in [3.05, 3.63) is 64.1 Å². The second kappa shape index (κ2) is 9.26. The first-order valence-corrected chi connectivity index (χ1v) is 10.5. The van der Waals surface area contributed by atoms with Crippen LogP contribution in [0.2, 0.25) is 10.0 Å². The van der Waals surface area contributed by atoms with Gasteiger partial charge < -0.3 is 11.1 Å². The third-order valence-electron chi connectivity index (χ3n) is 3.75. The Hall–Kier alpha value is -1.76. The molecule has 0 aliphatic carbocycles. The molecule has 1 unspecified atom stereocenters. The summed E-state index contributed by atoms with van der Waals surface area (Å²) in [6.45, 7) is 2.21. The van der Waals surface area contributed by atoms with Gasteiger partial charge in [0.1, 0.15) is 0 Å². The smallest absolute Gasteiger partial charge is 0.189 e. The van der Waals surface area contributed by atoms with Crippen LogP contribution in [0.1, 0.15) is 24.9 Å². The average Bonchev–Trinajstić information content (AvgIpc) is 2.59. The zero-order valence-corrected chi connectivity index (χ0v) is 16.7. The van der Waals surface area contributed by atoms with E-state index < -0.39 is 9.84 Å². The van der Waals surface area contributed by atoms with Crippen molar-refractivity contribution < 1.29 is 8.42 Å². The van der Waals surface area contributed by atoms with E-state index in [1.807, 2.05) is 13.0 Å². The molecular weight excluding hydrogens is 393 g/mol. The average molecular weight is 414 g/mol. The Morgan fingerprint density at radius 1 is 1.19 bits per heavy atom. The highest BCUT2D eigenvalue weighted by atomic mass is 35.5. The van der Waals surface area contributed by atoms with Crippen molar-refractivity contribution >= 4 is 39.0 Å². The molecule has 140 valence electrons. The number of nitrogens with two attached hydrogens (primary N) is 1. The number of nitrogens with one attached hydrogen (secondary N) is 1. The van der Waals surface area contributed by atoms with Gasteiger partial charge >= 0.3 is 0 Å². The van der Waals surface area contributed by atoms with Gasteiger partial charge in [0.25, 0.3) is 0 Å². The van der Waals surface area contributed by atoms with Crippen LogP contribution in [0.5, 0.6) is 0 Å². The lowest BCUT2D eigenvalue weighted by atomic mass is 10.1. The van der Waals surface area contributed by atoms with Crippen molar-refractivity contribution in [2.24, 2.45) is 10.7 Å². The molecular formula is C18H21Cl2N3O2S. The van der Waals surface area contributed by atoms with Crippen LogP contribution in [-0.4, -0.2) is 26.7 Å². The van der Waals surface area contributed by atoms with Crippen molar-refractivity contribution in [2.45, 2.75) is 24.3 Å². The van der Waals surface area contributed by atoms with Gasteiger partial charge in [-0.3, -0.25) is 4.99 Å². The number of benzene rings is 2. The summed E-state index contributed by atoms with van der Waals surface area (Å²) in [5.41, 5.74) is 6.72. The lowest BCUT2D eigenvalue weighted by Gasteiger charge is -2.16.